The number of phosphoric acid groups is 1. The third-order valence-corrected chi connectivity index (χ3v) is 11.6. The van der Waals surface area contributed by atoms with Crippen molar-refractivity contribution in [1.82, 2.24) is 0 Å². The van der Waals surface area contributed by atoms with Crippen molar-refractivity contribution >= 4 is 25.5 Å². The molecule has 1 aliphatic carbocycles. The fraction of sp³-hybridized carbons (Fsp3) is 0.804. The molecule has 0 heterocycles. The van der Waals surface area contributed by atoms with Crippen molar-refractivity contribution in [2.24, 2.45) is 11.8 Å². The third-order valence-electron chi connectivity index (χ3n) is 10.7. The molecule has 5 N–H and O–H groups in total. The van der Waals surface area contributed by atoms with Gasteiger partial charge in [-0.2, -0.15) is 0 Å². The van der Waals surface area contributed by atoms with Gasteiger partial charge >= 0.3 is 19.8 Å². The fourth-order valence-corrected chi connectivity index (χ4v) is 7.83. The molecule has 1 saturated carbocycles. The van der Waals surface area contributed by atoms with Crippen LogP contribution in [0.15, 0.2) is 36.5 Å². The number of allylic oxidation sites excluding steroid dienone is 5. The third kappa shape index (κ3) is 29.9. The van der Waals surface area contributed by atoms with Gasteiger partial charge in [-0.1, -0.05) is 134 Å². The maximum atomic E-state index is 12.8. The molecule has 1 rings (SSSR count). The summed E-state index contributed by atoms with van der Waals surface area (Å²) in [6, 6.07) is 0. The van der Waals surface area contributed by atoms with Crippen molar-refractivity contribution in [3.8, 4) is 0 Å². The summed E-state index contributed by atoms with van der Waals surface area (Å²) in [6.07, 6.45) is 30.1. The summed E-state index contributed by atoms with van der Waals surface area (Å²) in [5.41, 5.74) is 0. The van der Waals surface area contributed by atoms with E-state index >= 15 is 0 Å². The predicted octanol–water partition coefficient (Wildman–Crippen LogP) is 8.93. The van der Waals surface area contributed by atoms with Gasteiger partial charge in [0.15, 0.2) is 6.10 Å². The van der Waals surface area contributed by atoms with E-state index in [1.54, 1.807) is 12.2 Å². The number of esters is 2. The topological polar surface area (TPSA) is 206 Å². The van der Waals surface area contributed by atoms with Crippen LogP contribution < -0.4 is 0 Å². The van der Waals surface area contributed by atoms with Crippen LogP contribution in [0, 0.1) is 11.8 Å². The van der Waals surface area contributed by atoms with E-state index in [1.165, 1.54) is 38.5 Å². The molecule has 60 heavy (non-hydrogen) atoms. The molecule has 0 saturated heterocycles. The number of phosphoric ester groups is 1. The second kappa shape index (κ2) is 36.3. The molecular weight excluding hydrogens is 791 g/mol. The number of rotatable bonds is 39. The summed E-state index contributed by atoms with van der Waals surface area (Å²) in [6.45, 7) is 1.97. The zero-order chi connectivity index (χ0) is 44.3. The summed E-state index contributed by atoms with van der Waals surface area (Å²) in [5, 5.41) is 39.2. The number of hydrogen-bond donors (Lipinski definition) is 5. The Morgan fingerprint density at radius 2 is 1.32 bits per heavy atom. The van der Waals surface area contributed by atoms with Gasteiger partial charge in [-0.15, -0.1) is 0 Å². The van der Waals surface area contributed by atoms with Crippen LogP contribution in [0.1, 0.15) is 174 Å². The fourth-order valence-electron chi connectivity index (χ4n) is 7.05. The van der Waals surface area contributed by atoms with Gasteiger partial charge in [0.1, 0.15) is 18.5 Å². The maximum Gasteiger partial charge on any atom is 0.472 e. The molecule has 1 unspecified atom stereocenters. The Morgan fingerprint density at radius 1 is 0.750 bits per heavy atom. The van der Waals surface area contributed by atoms with Gasteiger partial charge < -0.3 is 34.8 Å². The van der Waals surface area contributed by atoms with Gasteiger partial charge in [0, 0.05) is 25.2 Å². The number of ether oxygens (including phenoxy) is 2. The molecule has 0 aromatic carbocycles. The molecule has 14 heteroatoms. The van der Waals surface area contributed by atoms with Gasteiger partial charge in [0.05, 0.1) is 32.0 Å². The van der Waals surface area contributed by atoms with Crippen LogP contribution in [0.25, 0.3) is 0 Å². The smallest absolute Gasteiger partial charge is 0.462 e. The Balaban J connectivity index is 2.42. The standard InChI is InChI=1S/C46H81O13P/c1-3-5-7-8-9-10-11-12-13-14-15-16-17-18-19-20-25-29-45(52)56-36-40(37-58-60(54,55)57-35-39(49)34-47)59-46(53)30-26-22-21-24-28-41-42(44(51)33-43(41)50)32-31-38(48)27-23-6-4-2/h9-10,12-13,31-32,38-43,47-50H,3-8,11,14-30,33-37H2,1-2H3,(H,54,55)/b10-9-,13-12-,32-31+/t38-,39-,40+,41+,42+,43-/m0/s1. The summed E-state index contributed by atoms with van der Waals surface area (Å²) in [5.74, 6) is -1.74. The Morgan fingerprint density at radius 3 is 1.97 bits per heavy atom. The minimum Gasteiger partial charge on any atom is -0.462 e. The number of aliphatic hydroxyl groups is 4. The van der Waals surface area contributed by atoms with Crippen molar-refractivity contribution in [2.45, 2.75) is 199 Å². The number of carbonyl (C=O) groups excluding carboxylic acids is 3. The number of ketones is 1. The highest BCUT2D eigenvalue weighted by molar-refractivity contribution is 7.47. The molecule has 1 fully saturated rings. The molecule has 7 atom stereocenters. The highest BCUT2D eigenvalue weighted by atomic mass is 31.2. The number of Topliss-reactive ketones (excluding diaryl/α,β-unsaturated/α-hetero) is 1. The van der Waals surface area contributed by atoms with Gasteiger partial charge in [-0.3, -0.25) is 23.4 Å². The van der Waals surface area contributed by atoms with Crippen LogP contribution in [-0.4, -0.2) is 93.9 Å². The lowest BCUT2D eigenvalue weighted by Gasteiger charge is -2.20. The lowest BCUT2D eigenvalue weighted by molar-refractivity contribution is -0.161. The highest BCUT2D eigenvalue weighted by Gasteiger charge is 2.39. The van der Waals surface area contributed by atoms with E-state index in [9.17, 15) is 39.2 Å². The number of unbranched alkanes of at least 4 members (excludes halogenated alkanes) is 15. The van der Waals surface area contributed by atoms with E-state index in [1.807, 2.05) is 0 Å². The van der Waals surface area contributed by atoms with Crippen LogP contribution >= 0.6 is 7.82 Å². The molecule has 0 aromatic heterocycles. The first-order valence-electron chi connectivity index (χ1n) is 23.0. The lowest BCUT2D eigenvalue weighted by atomic mass is 9.88. The zero-order valence-electron chi connectivity index (χ0n) is 36.9. The van der Waals surface area contributed by atoms with Crippen molar-refractivity contribution < 1.29 is 62.8 Å². The zero-order valence-corrected chi connectivity index (χ0v) is 37.8. The van der Waals surface area contributed by atoms with Gasteiger partial charge in [-0.25, -0.2) is 4.57 Å². The van der Waals surface area contributed by atoms with Gasteiger partial charge in [0.25, 0.3) is 0 Å². The second-order valence-corrected chi connectivity index (χ2v) is 17.7. The average Bonchev–Trinajstić information content (AvgIpc) is 3.49. The molecule has 0 aromatic rings. The summed E-state index contributed by atoms with van der Waals surface area (Å²) < 4.78 is 32.8. The van der Waals surface area contributed by atoms with Crippen molar-refractivity contribution in [1.29, 1.82) is 0 Å². The summed E-state index contributed by atoms with van der Waals surface area (Å²) in [7, 11) is -4.69. The van der Waals surface area contributed by atoms with E-state index in [0.29, 0.717) is 32.1 Å². The largest absolute Gasteiger partial charge is 0.472 e. The van der Waals surface area contributed by atoms with Crippen molar-refractivity contribution in [3.63, 3.8) is 0 Å². The Labute approximate surface area is 361 Å². The van der Waals surface area contributed by atoms with Crippen molar-refractivity contribution in [3.05, 3.63) is 36.5 Å². The summed E-state index contributed by atoms with van der Waals surface area (Å²) >= 11 is 0. The molecule has 348 valence electrons. The van der Waals surface area contributed by atoms with Crippen LogP contribution in [0.5, 0.6) is 0 Å². The number of aliphatic hydroxyl groups excluding tert-OH is 4. The first-order valence-corrected chi connectivity index (χ1v) is 24.5. The van der Waals surface area contributed by atoms with Gasteiger partial charge in [-0.05, 0) is 63.7 Å². The molecule has 1 aliphatic rings. The highest BCUT2D eigenvalue weighted by Crippen LogP contribution is 2.43. The number of carbonyl (C=O) groups is 3. The molecule has 0 spiro atoms. The van der Waals surface area contributed by atoms with Crippen LogP contribution in [0.3, 0.4) is 0 Å². The maximum absolute atomic E-state index is 12.8. The van der Waals surface area contributed by atoms with E-state index in [-0.39, 0.29) is 37.6 Å². The average molecular weight is 873 g/mol. The van der Waals surface area contributed by atoms with Gasteiger partial charge in [0.2, 0.25) is 0 Å². The Bertz CT molecular complexity index is 1250. The lowest BCUT2D eigenvalue weighted by Crippen LogP contribution is -2.29. The first kappa shape index (κ1) is 55.8. The molecule has 13 nitrogen and oxygen atoms in total. The molecule has 0 radical (unpaired) electrons. The first-order chi connectivity index (χ1) is 28.9. The summed E-state index contributed by atoms with van der Waals surface area (Å²) in [4.78, 5) is 47.8. The van der Waals surface area contributed by atoms with E-state index in [0.717, 1.165) is 70.6 Å². The number of hydrogen-bond acceptors (Lipinski definition) is 12. The molecule has 0 bridgehead atoms. The van der Waals surface area contributed by atoms with Crippen LogP contribution in [-0.2, 0) is 37.5 Å². The van der Waals surface area contributed by atoms with Crippen LogP contribution in [0.2, 0.25) is 0 Å². The predicted molar refractivity (Wildman–Crippen MR) is 234 cm³/mol. The molecule has 0 aliphatic heterocycles. The Hall–Kier alpha value is -2.22. The Kier molecular flexibility index (Phi) is 33.7. The SMILES string of the molecule is CCCCC/C=C\C/C=C\CCCCCCCCCC(=O)OC[C@H](COP(=O)(O)OC[C@@H](O)CO)OC(=O)CCCCCC[C@H]1[C@@H](O)CC(=O)[C@@H]1/C=C/[C@@H](O)CCCCC. The minimum absolute atomic E-state index is 0.0178. The van der Waals surface area contributed by atoms with E-state index in [2.05, 4.69) is 42.7 Å². The second-order valence-electron chi connectivity index (χ2n) is 16.2. The normalized spacial score (nSPS) is 19.6. The quantitative estimate of drug-likeness (QED) is 0.0170. The monoisotopic (exact) mass is 873 g/mol. The molecule has 0 amide bonds. The van der Waals surface area contributed by atoms with E-state index in [4.69, 9.17) is 19.1 Å². The van der Waals surface area contributed by atoms with Crippen LogP contribution in [0.4, 0.5) is 0 Å². The van der Waals surface area contributed by atoms with Crippen molar-refractivity contribution in [2.75, 3.05) is 26.4 Å². The minimum atomic E-state index is -4.69. The molecular formula is C46H81O13P. The van der Waals surface area contributed by atoms with E-state index < -0.39 is 69.9 Å².